The molecule has 3 rings (SSSR count). The Morgan fingerprint density at radius 1 is 1.27 bits per heavy atom. The second kappa shape index (κ2) is 5.29. The Bertz CT molecular complexity index is 689. The van der Waals surface area contributed by atoms with Crippen molar-refractivity contribution in [2.45, 2.75) is 36.6 Å². The summed E-state index contributed by atoms with van der Waals surface area (Å²) in [4.78, 5) is 10.2. The first-order valence-corrected chi connectivity index (χ1v) is 8.79. The zero-order chi connectivity index (χ0) is 16.0. The minimum atomic E-state index is -3.61. The maximum atomic E-state index is 12.7. The molecule has 0 bridgehead atoms. The van der Waals surface area contributed by atoms with Crippen molar-refractivity contribution < 1.29 is 13.3 Å². The molecule has 1 spiro atoms. The summed E-state index contributed by atoms with van der Waals surface area (Å²) in [5, 5.41) is 10.7. The van der Waals surface area contributed by atoms with Crippen molar-refractivity contribution in [3.63, 3.8) is 0 Å². The third-order valence-electron chi connectivity index (χ3n) is 5.01. The summed E-state index contributed by atoms with van der Waals surface area (Å²) in [5.74, 6) is 0. The standard InChI is InChI=1S/C14H19N3O4S/c15-13-2-1-7-14(13)8-9-16(10-14)22(20,21)12-5-3-11(4-6-12)17(18)19/h3-6,13H,1-2,7-10,15H2/t13-,14+/m1/s1. The molecule has 1 saturated carbocycles. The molecule has 22 heavy (non-hydrogen) atoms. The highest BCUT2D eigenvalue weighted by molar-refractivity contribution is 7.89. The van der Waals surface area contributed by atoms with Crippen molar-refractivity contribution in [1.82, 2.24) is 4.31 Å². The topological polar surface area (TPSA) is 107 Å². The van der Waals surface area contributed by atoms with Crippen molar-refractivity contribution in [3.05, 3.63) is 34.4 Å². The van der Waals surface area contributed by atoms with Crippen molar-refractivity contribution in [3.8, 4) is 0 Å². The van der Waals surface area contributed by atoms with Gasteiger partial charge in [-0.15, -0.1) is 0 Å². The smallest absolute Gasteiger partial charge is 0.269 e. The van der Waals surface area contributed by atoms with Gasteiger partial charge in [-0.05, 0) is 31.4 Å². The minimum Gasteiger partial charge on any atom is -0.327 e. The molecular formula is C14H19N3O4S. The van der Waals surface area contributed by atoms with E-state index >= 15 is 0 Å². The van der Waals surface area contributed by atoms with Gasteiger partial charge in [0.1, 0.15) is 0 Å². The lowest BCUT2D eigenvalue weighted by Crippen LogP contribution is -2.40. The average molecular weight is 325 g/mol. The lowest BCUT2D eigenvalue weighted by Gasteiger charge is -2.28. The molecule has 1 aromatic rings. The lowest BCUT2D eigenvalue weighted by molar-refractivity contribution is -0.384. The number of hydrogen-bond acceptors (Lipinski definition) is 5. The lowest BCUT2D eigenvalue weighted by atomic mass is 9.82. The summed E-state index contributed by atoms with van der Waals surface area (Å²) in [5.41, 5.74) is 5.97. The van der Waals surface area contributed by atoms with E-state index in [-0.39, 0.29) is 22.0 Å². The van der Waals surface area contributed by atoms with Crippen molar-refractivity contribution >= 4 is 15.7 Å². The van der Waals surface area contributed by atoms with Crippen molar-refractivity contribution in [2.24, 2.45) is 11.1 Å². The zero-order valence-corrected chi connectivity index (χ0v) is 13.0. The predicted molar refractivity (Wildman–Crippen MR) is 80.7 cm³/mol. The molecule has 0 amide bonds. The van der Waals surface area contributed by atoms with Crippen LogP contribution in [0.2, 0.25) is 0 Å². The third kappa shape index (κ3) is 2.41. The number of nitrogens with two attached hydrogens (primary N) is 1. The SMILES string of the molecule is N[C@@H]1CCC[C@@]12CCN(S(=O)(=O)c1ccc([N+](=O)[O-])cc1)C2. The van der Waals surface area contributed by atoms with Gasteiger partial charge >= 0.3 is 0 Å². The molecule has 0 radical (unpaired) electrons. The summed E-state index contributed by atoms with van der Waals surface area (Å²) < 4.78 is 26.8. The van der Waals surface area contributed by atoms with Crippen molar-refractivity contribution in [1.29, 1.82) is 0 Å². The molecular weight excluding hydrogens is 306 g/mol. The number of hydrogen-bond donors (Lipinski definition) is 1. The van der Waals surface area contributed by atoms with Crippen LogP contribution in [0.5, 0.6) is 0 Å². The molecule has 8 heteroatoms. The highest BCUT2D eigenvalue weighted by Gasteiger charge is 2.48. The average Bonchev–Trinajstić information content (AvgIpc) is 3.08. The quantitative estimate of drug-likeness (QED) is 0.669. The van der Waals surface area contributed by atoms with E-state index in [1.54, 1.807) is 0 Å². The zero-order valence-electron chi connectivity index (χ0n) is 12.1. The summed E-state index contributed by atoms with van der Waals surface area (Å²) in [6, 6.07) is 5.10. The summed E-state index contributed by atoms with van der Waals surface area (Å²) >= 11 is 0. The number of benzene rings is 1. The number of nitrogens with zero attached hydrogens (tertiary/aromatic N) is 2. The molecule has 2 N–H and O–H groups in total. The van der Waals surface area contributed by atoms with Crippen LogP contribution in [0.3, 0.4) is 0 Å². The van der Waals surface area contributed by atoms with E-state index in [1.807, 2.05) is 0 Å². The first-order valence-electron chi connectivity index (χ1n) is 7.35. The molecule has 1 aliphatic heterocycles. The minimum absolute atomic E-state index is 0.0598. The fourth-order valence-electron chi connectivity index (χ4n) is 3.62. The van der Waals surface area contributed by atoms with Crippen LogP contribution in [0.15, 0.2) is 29.2 Å². The Hall–Kier alpha value is -1.51. The van der Waals surface area contributed by atoms with Gasteiger partial charge in [-0.1, -0.05) is 6.42 Å². The Kier molecular flexibility index (Phi) is 3.70. The van der Waals surface area contributed by atoms with Crippen LogP contribution in [0.4, 0.5) is 5.69 Å². The van der Waals surface area contributed by atoms with Crippen LogP contribution in [0.25, 0.3) is 0 Å². The van der Waals surface area contributed by atoms with Crippen molar-refractivity contribution in [2.75, 3.05) is 13.1 Å². The van der Waals surface area contributed by atoms with E-state index in [0.29, 0.717) is 13.1 Å². The fraction of sp³-hybridized carbons (Fsp3) is 0.571. The van der Waals surface area contributed by atoms with E-state index in [1.165, 1.54) is 28.6 Å². The summed E-state index contributed by atoms with van der Waals surface area (Å²) in [7, 11) is -3.61. The van der Waals surface area contributed by atoms with E-state index in [0.717, 1.165) is 25.7 Å². The highest BCUT2D eigenvalue weighted by atomic mass is 32.2. The maximum Gasteiger partial charge on any atom is 0.269 e. The van der Waals surface area contributed by atoms with Gasteiger partial charge in [-0.2, -0.15) is 4.31 Å². The normalized spacial score (nSPS) is 29.2. The van der Waals surface area contributed by atoms with E-state index < -0.39 is 14.9 Å². The largest absolute Gasteiger partial charge is 0.327 e. The molecule has 1 aromatic carbocycles. The highest BCUT2D eigenvalue weighted by Crippen LogP contribution is 2.45. The van der Waals surface area contributed by atoms with Gasteiger partial charge < -0.3 is 5.73 Å². The molecule has 2 atom stereocenters. The van der Waals surface area contributed by atoms with Crippen LogP contribution < -0.4 is 5.73 Å². The second-order valence-corrected chi connectivity index (χ2v) is 8.14. The van der Waals surface area contributed by atoms with Gasteiger partial charge in [0.05, 0.1) is 9.82 Å². The first kappa shape index (κ1) is 15.4. The second-order valence-electron chi connectivity index (χ2n) is 6.20. The third-order valence-corrected chi connectivity index (χ3v) is 6.87. The Labute approximate surface area is 129 Å². The van der Waals surface area contributed by atoms with Gasteiger partial charge in [0.15, 0.2) is 0 Å². The van der Waals surface area contributed by atoms with Gasteiger partial charge in [0.25, 0.3) is 5.69 Å². The number of nitro benzene ring substituents is 1. The molecule has 1 saturated heterocycles. The Morgan fingerprint density at radius 3 is 2.50 bits per heavy atom. The van der Waals surface area contributed by atoms with Crippen LogP contribution in [-0.4, -0.2) is 36.8 Å². The molecule has 7 nitrogen and oxygen atoms in total. The first-order chi connectivity index (χ1) is 10.3. The molecule has 1 heterocycles. The van der Waals surface area contributed by atoms with E-state index in [4.69, 9.17) is 5.73 Å². The van der Waals surface area contributed by atoms with Gasteiger partial charge in [0.2, 0.25) is 10.0 Å². The fourth-order valence-corrected chi connectivity index (χ4v) is 5.16. The van der Waals surface area contributed by atoms with Crippen LogP contribution in [-0.2, 0) is 10.0 Å². The van der Waals surface area contributed by atoms with E-state index in [9.17, 15) is 18.5 Å². The van der Waals surface area contributed by atoms with Crippen LogP contribution in [0, 0.1) is 15.5 Å². The van der Waals surface area contributed by atoms with Gasteiger partial charge in [0, 0.05) is 36.7 Å². The molecule has 120 valence electrons. The van der Waals surface area contributed by atoms with Gasteiger partial charge in [-0.25, -0.2) is 8.42 Å². The molecule has 0 unspecified atom stereocenters. The molecule has 2 aliphatic rings. The monoisotopic (exact) mass is 325 g/mol. The number of non-ortho nitro benzene ring substituents is 1. The van der Waals surface area contributed by atoms with E-state index in [2.05, 4.69) is 0 Å². The Morgan fingerprint density at radius 2 is 1.95 bits per heavy atom. The molecule has 1 aliphatic carbocycles. The summed E-state index contributed by atoms with van der Waals surface area (Å²) in [6.07, 6.45) is 3.76. The number of nitro groups is 1. The van der Waals surface area contributed by atoms with Gasteiger partial charge in [-0.3, -0.25) is 10.1 Å². The number of sulfonamides is 1. The summed E-state index contributed by atoms with van der Waals surface area (Å²) in [6.45, 7) is 0.917. The van der Waals surface area contributed by atoms with Crippen LogP contribution >= 0.6 is 0 Å². The Balaban J connectivity index is 1.83. The predicted octanol–water partition coefficient (Wildman–Crippen LogP) is 1.49. The molecule has 2 fully saturated rings. The molecule has 0 aromatic heterocycles. The number of rotatable bonds is 3. The van der Waals surface area contributed by atoms with Crippen LogP contribution in [0.1, 0.15) is 25.7 Å². The maximum absolute atomic E-state index is 12.7.